The molecule has 0 aromatic heterocycles. The van der Waals surface area contributed by atoms with E-state index in [-0.39, 0.29) is 30.9 Å². The lowest BCUT2D eigenvalue weighted by Crippen LogP contribution is -2.87. The first-order chi connectivity index (χ1) is 12.5. The van der Waals surface area contributed by atoms with E-state index in [1.54, 1.807) is 0 Å². The molecule has 0 aliphatic heterocycles. The molecule has 4 N–H and O–H groups in total. The molecule has 0 bridgehead atoms. The van der Waals surface area contributed by atoms with Crippen LogP contribution < -0.4 is 16.0 Å². The molecule has 138 valence electrons. The maximum absolute atomic E-state index is 12.0. The van der Waals surface area contributed by atoms with Gasteiger partial charge in [-0.15, -0.1) is 0 Å². The third-order valence-corrected chi connectivity index (χ3v) is 4.42. The van der Waals surface area contributed by atoms with Gasteiger partial charge >= 0.3 is 0 Å². The van der Waals surface area contributed by atoms with E-state index in [4.69, 9.17) is 11.6 Å². The lowest BCUT2D eigenvalue weighted by atomic mass is 10.1. The standard InChI is InChI=1S/C20H24ClN3O2/c1-3-15-6-4-5-7-18(15)24-20(26)13-23-19(25)12-22-14(2)16-8-10-17(21)11-9-16/h4-11,14,22H,3,12-13H2,1-2H3,(H,23,25)(H,24,26)/p+1/t14-/m0/s1. The second-order valence-corrected chi connectivity index (χ2v) is 6.55. The SMILES string of the molecule is CCc1ccccc1NC(=O)CNC(=O)C[NH2+][C@@H](C)c1ccc(Cl)cc1. The highest BCUT2D eigenvalue weighted by Gasteiger charge is 2.13. The van der Waals surface area contributed by atoms with Crippen LogP contribution in [0.3, 0.4) is 0 Å². The summed E-state index contributed by atoms with van der Waals surface area (Å²) in [5, 5.41) is 8.10. The maximum atomic E-state index is 12.0. The number of quaternary nitrogens is 1. The first-order valence-corrected chi connectivity index (χ1v) is 9.10. The largest absolute Gasteiger partial charge is 0.342 e. The van der Waals surface area contributed by atoms with E-state index >= 15 is 0 Å². The van der Waals surface area contributed by atoms with Crippen molar-refractivity contribution in [1.29, 1.82) is 0 Å². The molecule has 0 radical (unpaired) electrons. The van der Waals surface area contributed by atoms with E-state index in [1.165, 1.54) is 0 Å². The Morgan fingerprint density at radius 3 is 2.46 bits per heavy atom. The molecule has 0 aliphatic rings. The highest BCUT2D eigenvalue weighted by Crippen LogP contribution is 2.15. The number of para-hydroxylation sites is 1. The lowest BCUT2D eigenvalue weighted by Gasteiger charge is -2.12. The number of carbonyl (C=O) groups is 2. The average molecular weight is 375 g/mol. The summed E-state index contributed by atoms with van der Waals surface area (Å²) < 4.78 is 0. The molecule has 1 atom stereocenters. The molecule has 6 heteroatoms. The van der Waals surface area contributed by atoms with Crippen LogP contribution in [-0.4, -0.2) is 24.9 Å². The fraction of sp³-hybridized carbons (Fsp3) is 0.300. The number of hydrogen-bond donors (Lipinski definition) is 3. The molecule has 2 aromatic carbocycles. The number of hydrogen-bond acceptors (Lipinski definition) is 2. The molecule has 2 aromatic rings. The second-order valence-electron chi connectivity index (χ2n) is 6.12. The lowest BCUT2D eigenvalue weighted by molar-refractivity contribution is -0.682. The van der Waals surface area contributed by atoms with Gasteiger partial charge in [-0.05, 0) is 37.1 Å². The van der Waals surface area contributed by atoms with Gasteiger partial charge in [-0.25, -0.2) is 0 Å². The zero-order valence-electron chi connectivity index (χ0n) is 15.1. The van der Waals surface area contributed by atoms with E-state index in [0.29, 0.717) is 5.02 Å². The molecule has 0 heterocycles. The summed E-state index contributed by atoms with van der Waals surface area (Å²) in [7, 11) is 0. The van der Waals surface area contributed by atoms with Crippen molar-refractivity contribution >= 4 is 29.1 Å². The number of rotatable bonds is 8. The normalized spacial score (nSPS) is 11.7. The minimum Gasteiger partial charge on any atom is -0.342 e. The van der Waals surface area contributed by atoms with Gasteiger partial charge in [-0.2, -0.15) is 0 Å². The number of benzene rings is 2. The Bertz CT molecular complexity index is 747. The van der Waals surface area contributed by atoms with Crippen LogP contribution in [0.1, 0.15) is 31.0 Å². The van der Waals surface area contributed by atoms with Crippen molar-refractivity contribution in [2.75, 3.05) is 18.4 Å². The van der Waals surface area contributed by atoms with E-state index < -0.39 is 0 Å². The number of carbonyl (C=O) groups excluding carboxylic acids is 2. The minimum absolute atomic E-state index is 0.0416. The zero-order chi connectivity index (χ0) is 18.9. The van der Waals surface area contributed by atoms with E-state index in [9.17, 15) is 9.59 Å². The molecule has 0 saturated carbocycles. The number of nitrogens with two attached hydrogens (primary N) is 1. The maximum Gasteiger partial charge on any atom is 0.275 e. The quantitative estimate of drug-likeness (QED) is 0.663. The van der Waals surface area contributed by atoms with Gasteiger partial charge in [0.15, 0.2) is 6.54 Å². The summed E-state index contributed by atoms with van der Waals surface area (Å²) >= 11 is 5.88. The van der Waals surface area contributed by atoms with Gasteiger partial charge in [0.05, 0.1) is 6.54 Å². The molecule has 0 spiro atoms. The van der Waals surface area contributed by atoms with Crippen molar-refractivity contribution in [1.82, 2.24) is 5.32 Å². The molecule has 26 heavy (non-hydrogen) atoms. The van der Waals surface area contributed by atoms with Crippen LogP contribution >= 0.6 is 11.6 Å². The van der Waals surface area contributed by atoms with Crippen molar-refractivity contribution in [3.8, 4) is 0 Å². The van der Waals surface area contributed by atoms with Gasteiger partial charge in [-0.1, -0.05) is 48.9 Å². The third-order valence-electron chi connectivity index (χ3n) is 4.17. The minimum atomic E-state index is -0.231. The van der Waals surface area contributed by atoms with Crippen LogP contribution in [0.15, 0.2) is 48.5 Å². The fourth-order valence-corrected chi connectivity index (χ4v) is 2.71. The number of anilines is 1. The predicted molar refractivity (Wildman–Crippen MR) is 104 cm³/mol. The molecule has 0 unspecified atom stereocenters. The topological polar surface area (TPSA) is 74.8 Å². The van der Waals surface area contributed by atoms with Crippen LogP contribution in [0.5, 0.6) is 0 Å². The smallest absolute Gasteiger partial charge is 0.275 e. The summed E-state index contributed by atoms with van der Waals surface area (Å²) in [6.45, 7) is 4.26. The summed E-state index contributed by atoms with van der Waals surface area (Å²) in [4.78, 5) is 24.0. The van der Waals surface area contributed by atoms with Gasteiger partial charge < -0.3 is 16.0 Å². The first kappa shape index (κ1) is 19.9. The molecule has 5 nitrogen and oxygen atoms in total. The average Bonchev–Trinajstić information content (AvgIpc) is 2.65. The molecule has 0 aliphatic carbocycles. The molecule has 2 amide bonds. The van der Waals surface area contributed by atoms with Crippen LogP contribution in [0.25, 0.3) is 0 Å². The van der Waals surface area contributed by atoms with Gasteiger partial charge in [0.2, 0.25) is 5.91 Å². The van der Waals surface area contributed by atoms with Crippen molar-refractivity contribution in [3.05, 3.63) is 64.7 Å². The molecule has 0 saturated heterocycles. The van der Waals surface area contributed by atoms with Crippen molar-refractivity contribution in [3.63, 3.8) is 0 Å². The highest BCUT2D eigenvalue weighted by molar-refractivity contribution is 6.30. The van der Waals surface area contributed by atoms with Crippen LogP contribution in [-0.2, 0) is 16.0 Å². The number of amides is 2. The van der Waals surface area contributed by atoms with Gasteiger partial charge in [0.1, 0.15) is 6.04 Å². The summed E-state index contributed by atoms with van der Waals surface area (Å²) in [6.07, 6.45) is 0.834. The molecule has 2 rings (SSSR count). The van der Waals surface area contributed by atoms with Crippen LogP contribution in [0, 0.1) is 0 Å². The summed E-state index contributed by atoms with van der Waals surface area (Å²) in [5.41, 5.74) is 2.95. The van der Waals surface area contributed by atoms with Crippen molar-refractivity contribution in [2.45, 2.75) is 26.3 Å². The molecular formula is C20H25ClN3O2+. The van der Waals surface area contributed by atoms with Crippen LogP contribution in [0.4, 0.5) is 5.69 Å². The van der Waals surface area contributed by atoms with Gasteiger partial charge in [0, 0.05) is 16.3 Å². The fourth-order valence-electron chi connectivity index (χ4n) is 2.58. The predicted octanol–water partition coefficient (Wildman–Crippen LogP) is 2.28. The van der Waals surface area contributed by atoms with E-state index in [1.807, 2.05) is 67.7 Å². The Labute approximate surface area is 159 Å². The van der Waals surface area contributed by atoms with E-state index in [2.05, 4.69) is 10.6 Å². The van der Waals surface area contributed by atoms with Gasteiger partial charge in [0.25, 0.3) is 5.91 Å². The monoisotopic (exact) mass is 374 g/mol. The number of halogens is 1. The first-order valence-electron chi connectivity index (χ1n) is 8.72. The Morgan fingerprint density at radius 2 is 1.77 bits per heavy atom. The van der Waals surface area contributed by atoms with Gasteiger partial charge in [-0.3, -0.25) is 9.59 Å². The number of nitrogens with one attached hydrogen (secondary N) is 2. The molecule has 0 fully saturated rings. The zero-order valence-corrected chi connectivity index (χ0v) is 15.8. The Balaban J connectivity index is 1.74. The van der Waals surface area contributed by atoms with Crippen molar-refractivity contribution in [2.24, 2.45) is 0 Å². The summed E-state index contributed by atoms with van der Waals surface area (Å²) in [5.74, 6) is -0.408. The Morgan fingerprint density at radius 1 is 1.08 bits per heavy atom. The number of aryl methyl sites for hydroxylation is 1. The second kappa shape index (κ2) is 9.94. The summed E-state index contributed by atoms with van der Waals surface area (Å²) in [6, 6.07) is 15.3. The molecular weight excluding hydrogens is 350 g/mol. The Kier molecular flexibility index (Phi) is 7.63. The third kappa shape index (κ3) is 6.17. The Hall–Kier alpha value is -2.37. The van der Waals surface area contributed by atoms with Crippen molar-refractivity contribution < 1.29 is 14.9 Å². The van der Waals surface area contributed by atoms with E-state index in [0.717, 1.165) is 23.2 Å². The van der Waals surface area contributed by atoms with Crippen LogP contribution in [0.2, 0.25) is 5.02 Å². The highest BCUT2D eigenvalue weighted by atomic mass is 35.5.